The maximum absolute atomic E-state index is 13.4. The zero-order valence-electron chi connectivity index (χ0n) is 16.8. The predicted octanol–water partition coefficient (Wildman–Crippen LogP) is 2.73. The second-order valence-electron chi connectivity index (χ2n) is 7.69. The highest BCUT2D eigenvalue weighted by Crippen LogP contribution is 2.38. The van der Waals surface area contributed by atoms with E-state index in [1.165, 1.54) is 4.90 Å². The summed E-state index contributed by atoms with van der Waals surface area (Å²) >= 11 is 0. The van der Waals surface area contributed by atoms with E-state index in [9.17, 15) is 9.59 Å². The number of rotatable bonds is 7. The van der Waals surface area contributed by atoms with Crippen molar-refractivity contribution in [1.29, 1.82) is 0 Å². The topological polar surface area (TPSA) is 66.2 Å². The molecule has 3 amide bonds. The summed E-state index contributed by atoms with van der Waals surface area (Å²) in [5.41, 5.74) is 0.250. The zero-order valence-corrected chi connectivity index (χ0v) is 16.8. The van der Waals surface area contributed by atoms with Gasteiger partial charge in [-0.05, 0) is 30.5 Å². The summed E-state index contributed by atoms with van der Waals surface area (Å²) in [6.07, 6.45) is 2.92. The van der Waals surface area contributed by atoms with Crippen molar-refractivity contribution < 1.29 is 18.7 Å². The molecule has 0 atom stereocenters. The number of nitrogens with zero attached hydrogens (tertiary/aromatic N) is 3. The first-order chi connectivity index (χ1) is 14.1. The first kappa shape index (κ1) is 19.7. The van der Waals surface area contributed by atoms with Gasteiger partial charge in [0.05, 0.1) is 26.0 Å². The molecule has 29 heavy (non-hydrogen) atoms. The predicted molar refractivity (Wildman–Crippen MR) is 107 cm³/mol. The van der Waals surface area contributed by atoms with Crippen molar-refractivity contribution in [3.05, 3.63) is 60.1 Å². The molecule has 1 spiro atoms. The van der Waals surface area contributed by atoms with Gasteiger partial charge in [0.1, 0.15) is 11.3 Å². The number of likely N-dealkylation sites (tertiary alicyclic amines) is 1. The monoisotopic (exact) mass is 397 g/mol. The highest BCUT2D eigenvalue weighted by atomic mass is 16.5. The molecule has 2 aliphatic heterocycles. The lowest BCUT2D eigenvalue weighted by Gasteiger charge is -2.42. The van der Waals surface area contributed by atoms with E-state index in [1.54, 1.807) is 18.3 Å². The second kappa shape index (κ2) is 8.39. The van der Waals surface area contributed by atoms with E-state index < -0.39 is 5.54 Å². The molecule has 1 aromatic heterocycles. The van der Waals surface area contributed by atoms with Crippen LogP contribution in [0.25, 0.3) is 0 Å². The first-order valence-electron chi connectivity index (χ1n) is 10.1. The average molecular weight is 397 g/mol. The molecule has 2 aliphatic rings. The number of furan rings is 1. The van der Waals surface area contributed by atoms with Crippen LogP contribution in [-0.4, -0.2) is 65.5 Å². The largest absolute Gasteiger partial charge is 0.468 e. The number of urea groups is 1. The van der Waals surface area contributed by atoms with E-state index in [0.717, 1.165) is 31.0 Å². The standard InChI is InChI=1S/C22H27N3O4/c1-28-15-13-24-20(26)22(25(21(24)27)16-18-6-3-2-4-7-18)9-11-23(12-10-22)17-19-8-5-14-29-19/h2-8,14H,9-13,15-17H2,1H3. The van der Waals surface area contributed by atoms with Crippen molar-refractivity contribution in [2.45, 2.75) is 31.5 Å². The fourth-order valence-electron chi connectivity index (χ4n) is 4.33. The van der Waals surface area contributed by atoms with Gasteiger partial charge in [-0.15, -0.1) is 0 Å². The lowest BCUT2D eigenvalue weighted by Crippen LogP contribution is -2.56. The van der Waals surface area contributed by atoms with Gasteiger partial charge in [-0.1, -0.05) is 30.3 Å². The van der Waals surface area contributed by atoms with Crippen LogP contribution in [0.5, 0.6) is 0 Å². The average Bonchev–Trinajstić information content (AvgIpc) is 3.32. The van der Waals surface area contributed by atoms with Crippen molar-refractivity contribution in [3.8, 4) is 0 Å². The number of hydrogen-bond donors (Lipinski definition) is 0. The van der Waals surface area contributed by atoms with Gasteiger partial charge < -0.3 is 14.1 Å². The van der Waals surface area contributed by atoms with Crippen LogP contribution in [0.2, 0.25) is 0 Å². The van der Waals surface area contributed by atoms with Crippen molar-refractivity contribution in [2.24, 2.45) is 0 Å². The molecule has 2 aromatic rings. The molecule has 0 radical (unpaired) electrons. The van der Waals surface area contributed by atoms with Gasteiger partial charge in [-0.25, -0.2) is 4.79 Å². The van der Waals surface area contributed by atoms with Crippen LogP contribution >= 0.6 is 0 Å². The molecule has 2 fully saturated rings. The Balaban J connectivity index is 1.54. The Kier molecular flexibility index (Phi) is 5.69. The Hall–Kier alpha value is -2.64. The molecular formula is C22H27N3O4. The number of hydrogen-bond acceptors (Lipinski definition) is 5. The maximum atomic E-state index is 13.4. The first-order valence-corrected chi connectivity index (χ1v) is 10.1. The highest BCUT2D eigenvalue weighted by Gasteiger charge is 2.57. The summed E-state index contributed by atoms with van der Waals surface area (Å²) in [6, 6.07) is 13.5. The third-order valence-corrected chi connectivity index (χ3v) is 5.97. The summed E-state index contributed by atoms with van der Waals surface area (Å²) in [5, 5.41) is 0. The van der Waals surface area contributed by atoms with E-state index >= 15 is 0 Å². The normalized spacial score (nSPS) is 19.5. The van der Waals surface area contributed by atoms with Gasteiger partial charge >= 0.3 is 6.03 Å². The molecule has 0 unspecified atom stereocenters. The van der Waals surface area contributed by atoms with Crippen LogP contribution in [0.1, 0.15) is 24.2 Å². The molecule has 2 saturated heterocycles. The number of imide groups is 1. The van der Waals surface area contributed by atoms with Crippen molar-refractivity contribution in [3.63, 3.8) is 0 Å². The number of benzene rings is 1. The summed E-state index contributed by atoms with van der Waals surface area (Å²) < 4.78 is 10.6. The summed E-state index contributed by atoms with van der Waals surface area (Å²) in [6.45, 7) is 3.27. The Bertz CT molecular complexity index is 829. The van der Waals surface area contributed by atoms with Gasteiger partial charge in [0, 0.05) is 26.7 Å². The lowest BCUT2D eigenvalue weighted by atomic mass is 9.85. The van der Waals surface area contributed by atoms with E-state index in [4.69, 9.17) is 9.15 Å². The smallest absolute Gasteiger partial charge is 0.328 e. The van der Waals surface area contributed by atoms with Crippen LogP contribution in [-0.2, 0) is 22.6 Å². The molecule has 4 rings (SSSR count). The Morgan fingerprint density at radius 1 is 1.03 bits per heavy atom. The van der Waals surface area contributed by atoms with Crippen molar-refractivity contribution in [2.75, 3.05) is 33.4 Å². The van der Waals surface area contributed by atoms with Crippen molar-refractivity contribution in [1.82, 2.24) is 14.7 Å². The van der Waals surface area contributed by atoms with Crippen LogP contribution in [0.3, 0.4) is 0 Å². The molecule has 7 heteroatoms. The summed E-state index contributed by atoms with van der Waals surface area (Å²) in [7, 11) is 1.58. The number of piperidine rings is 1. The molecule has 0 saturated carbocycles. The minimum Gasteiger partial charge on any atom is -0.468 e. The van der Waals surface area contributed by atoms with Gasteiger partial charge in [-0.2, -0.15) is 0 Å². The summed E-state index contributed by atoms with van der Waals surface area (Å²) in [4.78, 5) is 32.0. The third kappa shape index (κ3) is 3.80. The van der Waals surface area contributed by atoms with E-state index in [0.29, 0.717) is 26.0 Å². The van der Waals surface area contributed by atoms with Gasteiger partial charge in [-0.3, -0.25) is 14.6 Å². The quantitative estimate of drug-likeness (QED) is 0.672. The van der Waals surface area contributed by atoms with Gasteiger partial charge in [0.15, 0.2) is 0 Å². The minimum absolute atomic E-state index is 0.0897. The molecule has 3 heterocycles. The molecule has 0 bridgehead atoms. The van der Waals surface area contributed by atoms with Gasteiger partial charge in [0.2, 0.25) is 0 Å². The highest BCUT2D eigenvalue weighted by molar-refractivity contribution is 6.07. The Morgan fingerprint density at radius 3 is 2.45 bits per heavy atom. The number of carbonyl (C=O) groups is 2. The number of amides is 3. The van der Waals surface area contributed by atoms with E-state index in [1.807, 2.05) is 42.5 Å². The number of carbonyl (C=O) groups excluding carboxylic acids is 2. The molecule has 7 nitrogen and oxygen atoms in total. The molecule has 1 aromatic carbocycles. The Morgan fingerprint density at radius 2 is 1.79 bits per heavy atom. The third-order valence-electron chi connectivity index (χ3n) is 5.97. The van der Waals surface area contributed by atoms with Crippen molar-refractivity contribution >= 4 is 11.9 Å². The zero-order chi connectivity index (χ0) is 20.3. The molecule has 0 N–H and O–H groups in total. The maximum Gasteiger partial charge on any atom is 0.328 e. The fourth-order valence-corrected chi connectivity index (χ4v) is 4.33. The Labute approximate surface area is 170 Å². The number of ether oxygens (including phenoxy) is 1. The molecular weight excluding hydrogens is 370 g/mol. The number of methoxy groups -OCH3 is 1. The van der Waals surface area contributed by atoms with Gasteiger partial charge in [0.25, 0.3) is 5.91 Å². The van der Waals surface area contributed by atoms with Crippen LogP contribution in [0.4, 0.5) is 4.79 Å². The van der Waals surface area contributed by atoms with E-state index in [2.05, 4.69) is 4.90 Å². The second-order valence-corrected chi connectivity index (χ2v) is 7.69. The van der Waals surface area contributed by atoms with Crippen LogP contribution in [0, 0.1) is 0 Å². The molecule has 154 valence electrons. The minimum atomic E-state index is -0.777. The fraction of sp³-hybridized carbons (Fsp3) is 0.455. The van der Waals surface area contributed by atoms with E-state index in [-0.39, 0.29) is 18.5 Å². The molecule has 0 aliphatic carbocycles. The van der Waals surface area contributed by atoms with Crippen LogP contribution in [0.15, 0.2) is 53.1 Å². The summed E-state index contributed by atoms with van der Waals surface area (Å²) in [5.74, 6) is 0.825. The SMILES string of the molecule is COCCN1C(=O)N(Cc2ccccc2)C2(CCN(Cc3ccco3)CC2)C1=O. The van der Waals surface area contributed by atoms with Crippen LogP contribution < -0.4 is 0 Å². The lowest BCUT2D eigenvalue weighted by molar-refractivity contribution is -0.136.